The minimum absolute atomic E-state index is 0.418. The lowest BCUT2D eigenvalue weighted by Gasteiger charge is -2.53. The van der Waals surface area contributed by atoms with Crippen molar-refractivity contribution in [3.05, 3.63) is 0 Å². The van der Waals surface area contributed by atoms with Crippen molar-refractivity contribution in [3.63, 3.8) is 0 Å². The fourth-order valence-corrected chi connectivity index (χ4v) is 1.74. The maximum absolute atomic E-state index is 2.61. The molecule has 0 aromatic heterocycles. The van der Waals surface area contributed by atoms with Gasteiger partial charge in [0.05, 0.1) is 0 Å². The minimum atomic E-state index is 0.418. The molecule has 0 N–H and O–H groups in total. The van der Waals surface area contributed by atoms with Crippen molar-refractivity contribution >= 4 is 0 Å². The van der Waals surface area contributed by atoms with Crippen molar-refractivity contribution in [2.75, 3.05) is 13.1 Å². The molecule has 1 rings (SSSR count). The van der Waals surface area contributed by atoms with Crippen LogP contribution in [0, 0.1) is 11.3 Å². The molecule has 0 spiro atoms. The largest absolute Gasteiger partial charge is 0.298 e. The van der Waals surface area contributed by atoms with Crippen molar-refractivity contribution in [2.24, 2.45) is 11.3 Å². The van der Waals surface area contributed by atoms with Gasteiger partial charge in [0, 0.05) is 18.6 Å². The van der Waals surface area contributed by atoms with E-state index < -0.39 is 0 Å². The number of rotatable bonds is 2. The van der Waals surface area contributed by atoms with Gasteiger partial charge in [-0.3, -0.25) is 4.90 Å². The van der Waals surface area contributed by atoms with E-state index >= 15 is 0 Å². The lowest BCUT2D eigenvalue weighted by Crippen LogP contribution is -2.60. The van der Waals surface area contributed by atoms with E-state index in [1.54, 1.807) is 0 Å². The summed E-state index contributed by atoms with van der Waals surface area (Å²) in [7, 11) is 0. The Morgan fingerprint density at radius 1 is 1.08 bits per heavy atom. The molecule has 13 heavy (non-hydrogen) atoms. The van der Waals surface area contributed by atoms with Crippen molar-refractivity contribution in [1.82, 2.24) is 4.90 Å². The molecular weight excluding hydrogens is 158 g/mol. The van der Waals surface area contributed by atoms with Gasteiger partial charge in [-0.2, -0.15) is 0 Å². The van der Waals surface area contributed by atoms with Gasteiger partial charge >= 0.3 is 0 Å². The SMILES string of the molecule is CCC(C)(C)N1CC(C(C)(C)C)C1. The lowest BCUT2D eigenvalue weighted by molar-refractivity contribution is -0.0433. The zero-order valence-electron chi connectivity index (χ0n) is 10.1. The predicted octanol–water partition coefficient (Wildman–Crippen LogP) is 3.15. The Labute approximate surface area is 83.5 Å². The summed E-state index contributed by atoms with van der Waals surface area (Å²) in [5, 5.41) is 0. The molecule has 1 fully saturated rings. The van der Waals surface area contributed by atoms with Crippen LogP contribution in [0.15, 0.2) is 0 Å². The van der Waals surface area contributed by atoms with Crippen LogP contribution in [0.25, 0.3) is 0 Å². The van der Waals surface area contributed by atoms with E-state index in [-0.39, 0.29) is 0 Å². The van der Waals surface area contributed by atoms with Crippen LogP contribution in [-0.2, 0) is 0 Å². The Morgan fingerprint density at radius 3 is 1.85 bits per heavy atom. The quantitative estimate of drug-likeness (QED) is 0.635. The van der Waals surface area contributed by atoms with Crippen LogP contribution in [0.3, 0.4) is 0 Å². The Kier molecular flexibility index (Phi) is 2.78. The highest BCUT2D eigenvalue weighted by Crippen LogP contribution is 2.37. The van der Waals surface area contributed by atoms with E-state index in [1.807, 2.05) is 0 Å². The zero-order valence-corrected chi connectivity index (χ0v) is 10.1. The first kappa shape index (κ1) is 11.0. The topological polar surface area (TPSA) is 3.24 Å². The van der Waals surface area contributed by atoms with Crippen LogP contribution in [-0.4, -0.2) is 23.5 Å². The molecule has 0 saturated carbocycles. The molecule has 0 unspecified atom stereocenters. The van der Waals surface area contributed by atoms with Crippen molar-refractivity contribution in [2.45, 2.75) is 53.5 Å². The monoisotopic (exact) mass is 183 g/mol. The van der Waals surface area contributed by atoms with Crippen LogP contribution in [0.4, 0.5) is 0 Å². The van der Waals surface area contributed by atoms with Crippen LogP contribution in [0.2, 0.25) is 0 Å². The van der Waals surface area contributed by atoms with E-state index in [1.165, 1.54) is 19.5 Å². The summed E-state index contributed by atoms with van der Waals surface area (Å²) >= 11 is 0. The second-order valence-corrected chi connectivity index (χ2v) is 6.13. The average Bonchev–Trinajstić information content (AvgIpc) is 1.79. The number of hydrogen-bond donors (Lipinski definition) is 0. The van der Waals surface area contributed by atoms with Gasteiger partial charge in [-0.05, 0) is 31.6 Å². The molecule has 0 atom stereocenters. The molecule has 1 saturated heterocycles. The maximum Gasteiger partial charge on any atom is 0.0150 e. The molecule has 0 aliphatic carbocycles. The summed E-state index contributed by atoms with van der Waals surface area (Å²) in [6, 6.07) is 0. The van der Waals surface area contributed by atoms with Gasteiger partial charge in [0.15, 0.2) is 0 Å². The highest BCUT2D eigenvalue weighted by atomic mass is 15.2. The van der Waals surface area contributed by atoms with Crippen LogP contribution < -0.4 is 0 Å². The summed E-state index contributed by atoms with van der Waals surface area (Å²) in [5.41, 5.74) is 0.919. The molecular formula is C12H25N. The summed E-state index contributed by atoms with van der Waals surface area (Å²) in [6.07, 6.45) is 1.25. The molecule has 1 heterocycles. The van der Waals surface area contributed by atoms with Gasteiger partial charge < -0.3 is 0 Å². The van der Waals surface area contributed by atoms with E-state index in [4.69, 9.17) is 0 Å². The standard InChI is InChI=1S/C12H25N/c1-7-12(5,6)13-8-10(9-13)11(2,3)4/h10H,7-9H2,1-6H3. The molecule has 0 aromatic carbocycles. The van der Waals surface area contributed by atoms with Gasteiger partial charge in [-0.25, -0.2) is 0 Å². The third-order valence-electron chi connectivity index (χ3n) is 3.83. The summed E-state index contributed by atoms with van der Waals surface area (Å²) < 4.78 is 0. The Hall–Kier alpha value is -0.0400. The molecule has 78 valence electrons. The molecule has 1 nitrogen and oxygen atoms in total. The first-order chi connectivity index (χ1) is 5.77. The van der Waals surface area contributed by atoms with Crippen molar-refractivity contribution < 1.29 is 0 Å². The third kappa shape index (κ3) is 2.25. The van der Waals surface area contributed by atoms with E-state index in [0.29, 0.717) is 11.0 Å². The van der Waals surface area contributed by atoms with E-state index in [2.05, 4.69) is 46.4 Å². The van der Waals surface area contributed by atoms with Gasteiger partial charge in [-0.15, -0.1) is 0 Å². The molecule has 0 amide bonds. The first-order valence-corrected chi connectivity index (χ1v) is 5.52. The van der Waals surface area contributed by atoms with Crippen molar-refractivity contribution in [1.29, 1.82) is 0 Å². The summed E-state index contributed by atoms with van der Waals surface area (Å²) in [6.45, 7) is 16.6. The fourth-order valence-electron chi connectivity index (χ4n) is 1.74. The smallest absolute Gasteiger partial charge is 0.0150 e. The van der Waals surface area contributed by atoms with Crippen molar-refractivity contribution in [3.8, 4) is 0 Å². The number of nitrogens with zero attached hydrogens (tertiary/aromatic N) is 1. The summed E-state index contributed by atoms with van der Waals surface area (Å²) in [4.78, 5) is 2.61. The lowest BCUT2D eigenvalue weighted by atomic mass is 9.74. The van der Waals surface area contributed by atoms with Gasteiger partial charge in [0.25, 0.3) is 0 Å². The number of likely N-dealkylation sites (tertiary alicyclic amines) is 1. The molecule has 1 aliphatic rings. The van der Waals surface area contributed by atoms with Crippen LogP contribution >= 0.6 is 0 Å². The number of hydrogen-bond acceptors (Lipinski definition) is 1. The highest BCUT2D eigenvalue weighted by molar-refractivity contribution is 4.94. The van der Waals surface area contributed by atoms with Gasteiger partial charge in [-0.1, -0.05) is 27.7 Å². The molecule has 1 heteroatoms. The van der Waals surface area contributed by atoms with Gasteiger partial charge in [0.2, 0.25) is 0 Å². The second kappa shape index (κ2) is 3.27. The average molecular weight is 183 g/mol. The van der Waals surface area contributed by atoms with Crippen LogP contribution in [0.5, 0.6) is 0 Å². The Balaban J connectivity index is 2.42. The maximum atomic E-state index is 2.61. The molecule has 0 radical (unpaired) electrons. The Morgan fingerprint density at radius 2 is 1.54 bits per heavy atom. The predicted molar refractivity (Wildman–Crippen MR) is 58.9 cm³/mol. The van der Waals surface area contributed by atoms with E-state index in [0.717, 1.165) is 5.92 Å². The molecule has 0 bridgehead atoms. The third-order valence-corrected chi connectivity index (χ3v) is 3.83. The van der Waals surface area contributed by atoms with E-state index in [9.17, 15) is 0 Å². The summed E-state index contributed by atoms with van der Waals surface area (Å²) in [5.74, 6) is 0.901. The molecule has 0 aromatic rings. The van der Waals surface area contributed by atoms with Crippen LogP contribution in [0.1, 0.15) is 48.0 Å². The second-order valence-electron chi connectivity index (χ2n) is 6.13. The minimum Gasteiger partial charge on any atom is -0.298 e. The Bertz CT molecular complexity index is 170. The van der Waals surface area contributed by atoms with Gasteiger partial charge in [0.1, 0.15) is 0 Å². The first-order valence-electron chi connectivity index (χ1n) is 5.52. The zero-order chi connectivity index (χ0) is 10.3. The highest BCUT2D eigenvalue weighted by Gasteiger charge is 2.41. The fraction of sp³-hybridized carbons (Fsp3) is 1.00. The molecule has 1 aliphatic heterocycles. The normalized spacial score (nSPS) is 21.7.